The summed E-state index contributed by atoms with van der Waals surface area (Å²) in [6.45, 7) is -0.535. The van der Waals surface area contributed by atoms with Crippen molar-refractivity contribution in [3.8, 4) is 0 Å². The van der Waals surface area contributed by atoms with E-state index < -0.39 is 24.1 Å². The van der Waals surface area contributed by atoms with E-state index in [0.717, 1.165) is 16.7 Å². The van der Waals surface area contributed by atoms with Gasteiger partial charge in [0, 0.05) is 18.5 Å². The van der Waals surface area contributed by atoms with E-state index in [-0.39, 0.29) is 35.6 Å². The molecule has 3 amide bonds. The predicted octanol–water partition coefficient (Wildman–Crippen LogP) is 0.761. The second-order valence-corrected chi connectivity index (χ2v) is 6.44. The molecule has 1 aromatic carbocycles. The van der Waals surface area contributed by atoms with Crippen molar-refractivity contribution in [2.75, 3.05) is 25.4 Å². The maximum absolute atomic E-state index is 12.0. The number of fused-ring (bicyclic) bond motifs is 1. The van der Waals surface area contributed by atoms with E-state index in [4.69, 9.17) is 9.15 Å². The van der Waals surface area contributed by atoms with Crippen LogP contribution in [0.4, 0.5) is 4.79 Å². The minimum atomic E-state index is -0.981. The van der Waals surface area contributed by atoms with Crippen LogP contribution in [0, 0.1) is 0 Å². The fourth-order valence-electron chi connectivity index (χ4n) is 2.37. The third kappa shape index (κ3) is 4.34. The lowest BCUT2D eigenvalue weighted by Crippen LogP contribution is -2.38. The number of ether oxygens (including phenoxy) is 1. The molecular weight excluding hydrogens is 376 g/mol. The largest absolute Gasteiger partial charge is 0.452 e. The summed E-state index contributed by atoms with van der Waals surface area (Å²) in [4.78, 5) is 59.5. The molecule has 1 aliphatic rings. The Morgan fingerprint density at radius 1 is 1.22 bits per heavy atom. The monoisotopic (exact) mass is 390 g/mol. The third-order valence-corrected chi connectivity index (χ3v) is 4.55. The van der Waals surface area contributed by atoms with Gasteiger partial charge in [-0.2, -0.15) is 0 Å². The minimum absolute atomic E-state index is 0.0343. The van der Waals surface area contributed by atoms with Crippen LogP contribution < -0.4 is 10.9 Å². The first-order valence-electron chi connectivity index (χ1n) is 7.89. The lowest BCUT2D eigenvalue weighted by atomic mass is 10.2. The fourth-order valence-corrected chi connectivity index (χ4v) is 3.12. The Labute approximate surface area is 156 Å². The molecule has 0 unspecified atom stereocenters. The van der Waals surface area contributed by atoms with Crippen LogP contribution in [-0.2, 0) is 14.3 Å². The van der Waals surface area contributed by atoms with E-state index in [1.54, 1.807) is 24.3 Å². The number of rotatable bonds is 6. The van der Waals surface area contributed by atoms with Gasteiger partial charge in [0.25, 0.3) is 11.1 Å². The molecule has 2 aromatic rings. The van der Waals surface area contributed by atoms with E-state index in [0.29, 0.717) is 11.0 Å². The van der Waals surface area contributed by atoms with E-state index in [9.17, 15) is 24.0 Å². The lowest BCUT2D eigenvalue weighted by Gasteiger charge is -2.13. The highest BCUT2D eigenvalue weighted by molar-refractivity contribution is 8.14. The molecule has 0 bridgehead atoms. The van der Waals surface area contributed by atoms with Crippen LogP contribution in [0.1, 0.15) is 10.4 Å². The van der Waals surface area contributed by atoms with E-state index in [2.05, 4.69) is 5.32 Å². The summed E-state index contributed by atoms with van der Waals surface area (Å²) in [5.74, 6) is -1.82. The third-order valence-electron chi connectivity index (χ3n) is 3.69. The molecule has 0 spiro atoms. The number of esters is 1. The number of nitrogens with zero attached hydrogens (tertiary/aromatic N) is 1. The molecule has 3 rings (SSSR count). The molecule has 27 heavy (non-hydrogen) atoms. The van der Waals surface area contributed by atoms with Crippen molar-refractivity contribution >= 4 is 45.8 Å². The van der Waals surface area contributed by atoms with Crippen LogP contribution in [-0.4, -0.2) is 53.4 Å². The minimum Gasteiger partial charge on any atom is -0.452 e. The zero-order valence-electron chi connectivity index (χ0n) is 13.9. The number of hydrogen-bond donors (Lipinski definition) is 1. The molecule has 1 saturated heterocycles. The predicted molar refractivity (Wildman–Crippen MR) is 95.3 cm³/mol. The summed E-state index contributed by atoms with van der Waals surface area (Å²) in [5.41, 5.74) is -0.838. The van der Waals surface area contributed by atoms with Crippen LogP contribution >= 0.6 is 11.8 Å². The van der Waals surface area contributed by atoms with E-state index >= 15 is 0 Å². The number of thioether (sulfide) groups is 1. The van der Waals surface area contributed by atoms with Gasteiger partial charge in [0.15, 0.2) is 6.61 Å². The van der Waals surface area contributed by atoms with Gasteiger partial charge in [-0.25, -0.2) is 9.59 Å². The second kappa shape index (κ2) is 8.04. The Balaban J connectivity index is 1.51. The molecule has 0 saturated carbocycles. The summed E-state index contributed by atoms with van der Waals surface area (Å²) in [7, 11) is 0. The molecule has 140 valence electrons. The van der Waals surface area contributed by atoms with Gasteiger partial charge >= 0.3 is 11.6 Å². The highest BCUT2D eigenvalue weighted by atomic mass is 32.2. The average molecular weight is 390 g/mol. The quantitative estimate of drug-likeness (QED) is 0.566. The zero-order valence-corrected chi connectivity index (χ0v) is 14.7. The molecule has 1 N–H and O–H groups in total. The fraction of sp³-hybridized carbons (Fsp3) is 0.235. The molecule has 1 aromatic heterocycles. The average Bonchev–Trinajstić information content (AvgIpc) is 2.97. The van der Waals surface area contributed by atoms with Crippen LogP contribution in [0.3, 0.4) is 0 Å². The molecule has 10 heteroatoms. The number of imide groups is 1. The molecule has 2 heterocycles. The molecule has 1 fully saturated rings. The van der Waals surface area contributed by atoms with Gasteiger partial charge < -0.3 is 14.5 Å². The summed E-state index contributed by atoms with van der Waals surface area (Å²) in [6, 6.07) is 8.01. The number of amides is 3. The van der Waals surface area contributed by atoms with Crippen molar-refractivity contribution in [3.05, 3.63) is 46.3 Å². The molecular formula is C17H14N2O7S. The number of hydrogen-bond acceptors (Lipinski definition) is 8. The Morgan fingerprint density at radius 3 is 2.74 bits per heavy atom. The van der Waals surface area contributed by atoms with Crippen molar-refractivity contribution in [2.45, 2.75) is 0 Å². The summed E-state index contributed by atoms with van der Waals surface area (Å²) in [6.07, 6.45) is 0. The van der Waals surface area contributed by atoms with Crippen molar-refractivity contribution < 1.29 is 28.3 Å². The topological polar surface area (TPSA) is 123 Å². The van der Waals surface area contributed by atoms with Crippen molar-refractivity contribution in [1.82, 2.24) is 10.2 Å². The van der Waals surface area contributed by atoms with Crippen LogP contribution in [0.5, 0.6) is 0 Å². The first-order chi connectivity index (χ1) is 13.0. The Hall–Kier alpha value is -3.14. The molecule has 0 aliphatic carbocycles. The number of carbonyl (C=O) groups is 4. The van der Waals surface area contributed by atoms with Gasteiger partial charge in [-0.05, 0) is 12.1 Å². The number of nitrogens with one attached hydrogen (secondary N) is 1. The first kappa shape index (κ1) is 18.6. The van der Waals surface area contributed by atoms with Gasteiger partial charge in [0.1, 0.15) is 11.1 Å². The van der Waals surface area contributed by atoms with Gasteiger partial charge in [-0.1, -0.05) is 30.0 Å². The summed E-state index contributed by atoms with van der Waals surface area (Å²) >= 11 is 0.903. The van der Waals surface area contributed by atoms with E-state index in [1.165, 1.54) is 6.07 Å². The van der Waals surface area contributed by atoms with Gasteiger partial charge in [-0.15, -0.1) is 0 Å². The van der Waals surface area contributed by atoms with Crippen molar-refractivity contribution in [2.24, 2.45) is 0 Å². The summed E-state index contributed by atoms with van der Waals surface area (Å²) < 4.78 is 9.86. The standard InChI is InChI=1S/C17H14N2O7S/c20-13(18-5-6-19-14(21)9-27-17(19)24)8-25-15(22)11-7-10-3-1-2-4-12(10)26-16(11)23/h1-4,7H,5-6,8-9H2,(H,18,20). The van der Waals surface area contributed by atoms with E-state index in [1.807, 2.05) is 0 Å². The van der Waals surface area contributed by atoms with Crippen LogP contribution in [0.25, 0.3) is 11.0 Å². The SMILES string of the molecule is O=C(COC(=O)c1cc2ccccc2oc1=O)NCCN1C(=O)CSC1=O. The Bertz CT molecular complexity index is 969. The van der Waals surface area contributed by atoms with Crippen LogP contribution in [0.15, 0.2) is 39.5 Å². The molecule has 0 radical (unpaired) electrons. The number of benzene rings is 1. The maximum Gasteiger partial charge on any atom is 0.351 e. The summed E-state index contributed by atoms with van der Waals surface area (Å²) in [5, 5.41) is 2.62. The Kier molecular flexibility index (Phi) is 5.55. The highest BCUT2D eigenvalue weighted by Crippen LogP contribution is 2.17. The number of para-hydroxylation sites is 1. The van der Waals surface area contributed by atoms with Gasteiger partial charge in [0.2, 0.25) is 5.91 Å². The normalized spacial score (nSPS) is 13.9. The van der Waals surface area contributed by atoms with Gasteiger partial charge in [-0.3, -0.25) is 19.3 Å². The van der Waals surface area contributed by atoms with Crippen LogP contribution in [0.2, 0.25) is 0 Å². The first-order valence-corrected chi connectivity index (χ1v) is 8.88. The molecule has 1 aliphatic heterocycles. The smallest absolute Gasteiger partial charge is 0.351 e. The van der Waals surface area contributed by atoms with Gasteiger partial charge in [0.05, 0.1) is 5.75 Å². The number of carbonyl (C=O) groups excluding carboxylic acids is 4. The Morgan fingerprint density at radius 2 is 2.00 bits per heavy atom. The second-order valence-electron chi connectivity index (χ2n) is 5.51. The van der Waals surface area contributed by atoms with Crippen molar-refractivity contribution in [1.29, 1.82) is 0 Å². The van der Waals surface area contributed by atoms with Crippen molar-refractivity contribution in [3.63, 3.8) is 0 Å². The highest BCUT2D eigenvalue weighted by Gasteiger charge is 2.29. The molecule has 0 atom stereocenters. The maximum atomic E-state index is 12.0. The molecule has 9 nitrogen and oxygen atoms in total. The zero-order chi connectivity index (χ0) is 19.4. The lowest BCUT2D eigenvalue weighted by molar-refractivity contribution is -0.126.